The van der Waals surface area contributed by atoms with Crippen molar-refractivity contribution in [2.45, 2.75) is 57.5 Å². The molecule has 5 nitrogen and oxygen atoms in total. The molecule has 0 unspecified atom stereocenters. The number of nitrogens with zero attached hydrogens (tertiary/aromatic N) is 1. The Bertz CT molecular complexity index is 334. The van der Waals surface area contributed by atoms with E-state index in [9.17, 15) is 9.59 Å². The summed E-state index contributed by atoms with van der Waals surface area (Å²) < 4.78 is 0. The van der Waals surface area contributed by atoms with Gasteiger partial charge in [0.1, 0.15) is 0 Å². The van der Waals surface area contributed by atoms with Crippen molar-refractivity contribution in [1.29, 1.82) is 0 Å². The predicted octanol–water partition coefficient (Wildman–Crippen LogP) is 0.631. The first kappa shape index (κ1) is 14.3. The van der Waals surface area contributed by atoms with E-state index in [-0.39, 0.29) is 29.8 Å². The molecule has 5 heteroatoms. The molecule has 0 radical (unpaired) electrons. The first-order valence-electron chi connectivity index (χ1n) is 7.46. The molecule has 3 N–H and O–H groups in total. The molecule has 0 bridgehead atoms. The Hall–Kier alpha value is -1.10. The third-order valence-electron chi connectivity index (χ3n) is 4.02. The van der Waals surface area contributed by atoms with E-state index < -0.39 is 0 Å². The Labute approximate surface area is 114 Å². The van der Waals surface area contributed by atoms with Crippen molar-refractivity contribution in [3.8, 4) is 0 Å². The predicted molar refractivity (Wildman–Crippen MR) is 73.4 cm³/mol. The van der Waals surface area contributed by atoms with E-state index in [1.807, 2.05) is 11.8 Å². The van der Waals surface area contributed by atoms with Crippen LogP contribution in [0.2, 0.25) is 0 Å². The van der Waals surface area contributed by atoms with Crippen LogP contribution in [0.15, 0.2) is 0 Å². The van der Waals surface area contributed by atoms with Gasteiger partial charge in [-0.15, -0.1) is 0 Å². The van der Waals surface area contributed by atoms with Gasteiger partial charge in [-0.1, -0.05) is 13.3 Å². The number of likely N-dealkylation sites (tertiary alicyclic amines) is 1. The minimum atomic E-state index is -0.359. The van der Waals surface area contributed by atoms with Crippen LogP contribution in [0.25, 0.3) is 0 Å². The topological polar surface area (TPSA) is 75.4 Å². The van der Waals surface area contributed by atoms with Gasteiger partial charge in [0.15, 0.2) is 0 Å². The van der Waals surface area contributed by atoms with E-state index in [1.165, 1.54) is 0 Å². The highest BCUT2D eigenvalue weighted by Crippen LogP contribution is 2.29. The molecule has 2 fully saturated rings. The van der Waals surface area contributed by atoms with Gasteiger partial charge >= 0.3 is 0 Å². The molecular formula is C14H25N3O2. The second-order valence-electron chi connectivity index (χ2n) is 5.78. The summed E-state index contributed by atoms with van der Waals surface area (Å²) in [4.78, 5) is 25.6. The maximum absolute atomic E-state index is 12.0. The molecule has 19 heavy (non-hydrogen) atoms. The number of nitrogens with two attached hydrogens (primary N) is 1. The van der Waals surface area contributed by atoms with Crippen LogP contribution in [0.3, 0.4) is 0 Å². The fraction of sp³-hybridized carbons (Fsp3) is 0.857. The van der Waals surface area contributed by atoms with E-state index >= 15 is 0 Å². The van der Waals surface area contributed by atoms with Gasteiger partial charge in [-0.25, -0.2) is 0 Å². The molecule has 2 amide bonds. The van der Waals surface area contributed by atoms with Gasteiger partial charge in [-0.2, -0.15) is 0 Å². The summed E-state index contributed by atoms with van der Waals surface area (Å²) >= 11 is 0. The van der Waals surface area contributed by atoms with E-state index in [4.69, 9.17) is 5.73 Å². The average Bonchev–Trinajstić information content (AvgIpc) is 3.23. The Morgan fingerprint density at radius 2 is 1.89 bits per heavy atom. The average molecular weight is 267 g/mol. The van der Waals surface area contributed by atoms with E-state index in [1.54, 1.807) is 0 Å². The number of rotatable bonds is 5. The lowest BCUT2D eigenvalue weighted by Gasteiger charge is -2.33. The number of hydrogen-bond donors (Lipinski definition) is 2. The lowest BCUT2D eigenvalue weighted by atomic mass is 10.0. The summed E-state index contributed by atoms with van der Waals surface area (Å²) in [6, 6.07) is -0.123. The zero-order chi connectivity index (χ0) is 13.8. The van der Waals surface area contributed by atoms with Crippen LogP contribution in [-0.4, -0.2) is 41.9 Å². The number of piperidine rings is 1. The third kappa shape index (κ3) is 3.93. The van der Waals surface area contributed by atoms with Gasteiger partial charge in [0.25, 0.3) is 0 Å². The van der Waals surface area contributed by atoms with Crippen LogP contribution in [0, 0.1) is 5.92 Å². The number of carbonyl (C=O) groups excluding carboxylic acids is 2. The maximum atomic E-state index is 12.0. The molecule has 1 saturated carbocycles. The molecule has 0 aromatic heterocycles. The van der Waals surface area contributed by atoms with Gasteiger partial charge in [0, 0.05) is 25.0 Å². The van der Waals surface area contributed by atoms with Crippen LogP contribution in [0.4, 0.5) is 0 Å². The SMILES string of the molecule is CCC[C@@H](N)C(=O)N1CCC(NC(=O)C2CC2)CC1. The Balaban J connectivity index is 1.72. The van der Waals surface area contributed by atoms with Crippen molar-refractivity contribution in [2.75, 3.05) is 13.1 Å². The standard InChI is InChI=1S/C14H25N3O2/c1-2-3-12(15)14(19)17-8-6-11(7-9-17)16-13(18)10-4-5-10/h10-12H,2-9,15H2,1H3,(H,16,18)/t12-/m1/s1. The summed E-state index contributed by atoms with van der Waals surface area (Å²) in [6.07, 6.45) is 5.45. The molecule has 0 spiro atoms. The van der Waals surface area contributed by atoms with Crippen LogP contribution in [0.1, 0.15) is 45.4 Å². The summed E-state index contributed by atoms with van der Waals surface area (Å²) in [5, 5.41) is 3.09. The van der Waals surface area contributed by atoms with Crippen molar-refractivity contribution in [3.05, 3.63) is 0 Å². The van der Waals surface area contributed by atoms with Crippen LogP contribution >= 0.6 is 0 Å². The minimum Gasteiger partial charge on any atom is -0.353 e. The molecule has 1 heterocycles. The first-order chi connectivity index (χ1) is 9.11. The summed E-state index contributed by atoms with van der Waals surface area (Å²) in [6.45, 7) is 3.46. The van der Waals surface area contributed by atoms with E-state index in [2.05, 4.69) is 5.32 Å². The highest BCUT2D eigenvalue weighted by atomic mass is 16.2. The Kier molecular flexibility index (Phi) is 4.80. The number of carbonyl (C=O) groups is 2. The third-order valence-corrected chi connectivity index (χ3v) is 4.02. The van der Waals surface area contributed by atoms with Gasteiger partial charge in [0.2, 0.25) is 11.8 Å². The Morgan fingerprint density at radius 1 is 1.26 bits per heavy atom. The highest BCUT2D eigenvalue weighted by molar-refractivity contribution is 5.82. The fourth-order valence-corrected chi connectivity index (χ4v) is 2.58. The summed E-state index contributed by atoms with van der Waals surface area (Å²) in [5.74, 6) is 0.527. The van der Waals surface area contributed by atoms with Gasteiger partial charge in [-0.3, -0.25) is 9.59 Å². The second-order valence-corrected chi connectivity index (χ2v) is 5.78. The molecule has 108 valence electrons. The summed E-state index contributed by atoms with van der Waals surface area (Å²) in [5.41, 5.74) is 5.86. The molecule has 0 aromatic rings. The molecular weight excluding hydrogens is 242 g/mol. The Morgan fingerprint density at radius 3 is 2.42 bits per heavy atom. The van der Waals surface area contributed by atoms with E-state index in [0.717, 1.165) is 38.5 Å². The van der Waals surface area contributed by atoms with Crippen molar-refractivity contribution in [1.82, 2.24) is 10.2 Å². The highest BCUT2D eigenvalue weighted by Gasteiger charge is 2.32. The normalized spacial score (nSPS) is 22.1. The maximum Gasteiger partial charge on any atom is 0.239 e. The lowest BCUT2D eigenvalue weighted by molar-refractivity contribution is -0.134. The molecule has 1 saturated heterocycles. The van der Waals surface area contributed by atoms with Crippen LogP contribution in [0.5, 0.6) is 0 Å². The van der Waals surface area contributed by atoms with Crippen LogP contribution in [-0.2, 0) is 9.59 Å². The zero-order valence-corrected chi connectivity index (χ0v) is 11.7. The zero-order valence-electron chi connectivity index (χ0n) is 11.7. The molecule has 1 aliphatic carbocycles. The van der Waals surface area contributed by atoms with Gasteiger partial charge < -0.3 is 16.0 Å². The number of hydrogen-bond acceptors (Lipinski definition) is 3. The minimum absolute atomic E-state index is 0.0637. The first-order valence-corrected chi connectivity index (χ1v) is 7.46. The van der Waals surface area contributed by atoms with Crippen LogP contribution < -0.4 is 11.1 Å². The quantitative estimate of drug-likeness (QED) is 0.767. The summed E-state index contributed by atoms with van der Waals surface area (Å²) in [7, 11) is 0. The lowest BCUT2D eigenvalue weighted by Crippen LogP contribution is -2.51. The van der Waals surface area contributed by atoms with Crippen molar-refractivity contribution in [3.63, 3.8) is 0 Å². The van der Waals surface area contributed by atoms with Crippen molar-refractivity contribution in [2.24, 2.45) is 11.7 Å². The van der Waals surface area contributed by atoms with E-state index in [0.29, 0.717) is 13.1 Å². The number of nitrogens with one attached hydrogen (secondary N) is 1. The van der Waals surface area contributed by atoms with Gasteiger partial charge in [0.05, 0.1) is 6.04 Å². The molecule has 2 rings (SSSR count). The largest absolute Gasteiger partial charge is 0.353 e. The second kappa shape index (κ2) is 6.37. The van der Waals surface area contributed by atoms with Crippen molar-refractivity contribution < 1.29 is 9.59 Å². The monoisotopic (exact) mass is 267 g/mol. The van der Waals surface area contributed by atoms with Gasteiger partial charge in [-0.05, 0) is 32.1 Å². The molecule has 1 aliphatic heterocycles. The molecule has 0 aromatic carbocycles. The molecule has 2 aliphatic rings. The number of amides is 2. The fourth-order valence-electron chi connectivity index (χ4n) is 2.58. The smallest absolute Gasteiger partial charge is 0.239 e. The molecule has 1 atom stereocenters. The van der Waals surface area contributed by atoms with Crippen molar-refractivity contribution >= 4 is 11.8 Å².